The molecule has 2 amide bonds. The van der Waals surface area contributed by atoms with Gasteiger partial charge in [0.05, 0.1) is 5.37 Å². The highest BCUT2D eigenvalue weighted by Crippen LogP contribution is 2.30. The largest absolute Gasteiger partial charge is 0.480 e. The van der Waals surface area contributed by atoms with Crippen LogP contribution in [0.15, 0.2) is 0 Å². The fourth-order valence-corrected chi connectivity index (χ4v) is 4.14. The number of amides is 2. The molecule has 0 aliphatic carbocycles. The second kappa shape index (κ2) is 6.67. The molecular formula is C13H23N3O3S. The van der Waals surface area contributed by atoms with Gasteiger partial charge in [-0.2, -0.15) is 0 Å². The summed E-state index contributed by atoms with van der Waals surface area (Å²) in [4.78, 5) is 27.3. The van der Waals surface area contributed by atoms with Crippen molar-refractivity contribution in [2.24, 2.45) is 5.92 Å². The van der Waals surface area contributed by atoms with E-state index in [0.717, 1.165) is 32.5 Å². The van der Waals surface area contributed by atoms with E-state index in [4.69, 9.17) is 0 Å². The van der Waals surface area contributed by atoms with Crippen LogP contribution in [0.5, 0.6) is 0 Å². The summed E-state index contributed by atoms with van der Waals surface area (Å²) in [6, 6.07) is -0.803. The van der Waals surface area contributed by atoms with E-state index in [2.05, 4.69) is 5.32 Å². The van der Waals surface area contributed by atoms with Crippen molar-refractivity contribution in [2.75, 3.05) is 32.4 Å². The van der Waals surface area contributed by atoms with E-state index in [1.54, 1.807) is 0 Å². The number of piperidine rings is 1. The van der Waals surface area contributed by atoms with Crippen molar-refractivity contribution in [3.63, 3.8) is 0 Å². The maximum atomic E-state index is 12.6. The maximum Gasteiger partial charge on any atom is 0.327 e. The van der Waals surface area contributed by atoms with Gasteiger partial charge in [0.15, 0.2) is 0 Å². The topological polar surface area (TPSA) is 72.9 Å². The molecule has 2 aliphatic heterocycles. The lowest BCUT2D eigenvalue weighted by molar-refractivity contribution is -0.141. The maximum absolute atomic E-state index is 12.6. The highest BCUT2D eigenvalue weighted by molar-refractivity contribution is 8.00. The smallest absolute Gasteiger partial charge is 0.327 e. The fourth-order valence-electron chi connectivity index (χ4n) is 2.98. The Morgan fingerprint density at radius 1 is 1.45 bits per heavy atom. The first-order valence-electron chi connectivity index (χ1n) is 7.10. The molecule has 20 heavy (non-hydrogen) atoms. The number of rotatable bonds is 3. The molecule has 3 atom stereocenters. The predicted molar refractivity (Wildman–Crippen MR) is 78.8 cm³/mol. The molecule has 2 N–H and O–H groups in total. The molecule has 0 aromatic heterocycles. The van der Waals surface area contributed by atoms with E-state index in [1.807, 2.05) is 18.9 Å². The molecule has 0 aromatic carbocycles. The minimum atomic E-state index is -0.904. The Morgan fingerprint density at radius 2 is 2.20 bits per heavy atom. The fraction of sp³-hybridized carbons (Fsp3) is 0.846. The van der Waals surface area contributed by atoms with Gasteiger partial charge in [-0.3, -0.25) is 4.90 Å². The third-order valence-electron chi connectivity index (χ3n) is 4.01. The number of hydrogen-bond donors (Lipinski definition) is 2. The molecular weight excluding hydrogens is 278 g/mol. The Kier molecular flexibility index (Phi) is 5.15. The molecule has 0 bridgehead atoms. The van der Waals surface area contributed by atoms with Crippen LogP contribution in [-0.4, -0.2) is 70.8 Å². The second-order valence-electron chi connectivity index (χ2n) is 5.49. The number of carboxylic acid groups (broad SMARTS) is 1. The number of aliphatic carboxylic acids is 1. The molecule has 7 heteroatoms. The van der Waals surface area contributed by atoms with Crippen LogP contribution < -0.4 is 5.32 Å². The molecule has 3 unspecified atom stereocenters. The zero-order valence-corrected chi connectivity index (χ0v) is 12.9. The van der Waals surface area contributed by atoms with Crippen LogP contribution in [0, 0.1) is 5.92 Å². The van der Waals surface area contributed by atoms with Gasteiger partial charge in [0, 0.05) is 18.8 Å². The van der Waals surface area contributed by atoms with E-state index in [9.17, 15) is 14.7 Å². The van der Waals surface area contributed by atoms with Crippen LogP contribution in [0.1, 0.15) is 19.8 Å². The summed E-state index contributed by atoms with van der Waals surface area (Å²) in [5, 5.41) is 12.3. The molecule has 2 saturated heterocycles. The average Bonchev–Trinajstić information content (AvgIpc) is 2.81. The van der Waals surface area contributed by atoms with E-state index < -0.39 is 12.0 Å². The van der Waals surface area contributed by atoms with Gasteiger partial charge >= 0.3 is 12.0 Å². The summed E-state index contributed by atoms with van der Waals surface area (Å²) in [6.45, 7) is 4.26. The van der Waals surface area contributed by atoms with E-state index in [1.165, 1.54) is 16.7 Å². The van der Waals surface area contributed by atoms with Crippen molar-refractivity contribution in [3.05, 3.63) is 0 Å². The van der Waals surface area contributed by atoms with E-state index in [0.29, 0.717) is 11.7 Å². The number of urea groups is 1. The van der Waals surface area contributed by atoms with Gasteiger partial charge in [-0.15, -0.1) is 11.8 Å². The number of hydrogen-bond acceptors (Lipinski definition) is 4. The first-order chi connectivity index (χ1) is 9.54. The second-order valence-corrected chi connectivity index (χ2v) is 6.84. The summed E-state index contributed by atoms with van der Waals surface area (Å²) < 4.78 is 0. The van der Waals surface area contributed by atoms with E-state index >= 15 is 0 Å². The highest BCUT2D eigenvalue weighted by atomic mass is 32.2. The third-order valence-corrected chi connectivity index (χ3v) is 5.23. The summed E-state index contributed by atoms with van der Waals surface area (Å²) in [5.74, 6) is 0.0428. The van der Waals surface area contributed by atoms with Gasteiger partial charge in [0.2, 0.25) is 0 Å². The first kappa shape index (κ1) is 15.4. The summed E-state index contributed by atoms with van der Waals surface area (Å²) in [5.41, 5.74) is 0. The predicted octanol–water partition coefficient (Wildman–Crippen LogP) is 0.886. The summed E-state index contributed by atoms with van der Waals surface area (Å²) >= 11 is 1.53. The Bertz CT molecular complexity index is 378. The van der Waals surface area contributed by atoms with Crippen molar-refractivity contribution < 1.29 is 14.7 Å². The molecule has 0 spiro atoms. The number of nitrogens with zero attached hydrogens (tertiary/aromatic N) is 2. The molecule has 2 aliphatic rings. The SMILES string of the molecule is CNCC1CCCN(C(=O)N2C(C)SCC2C(=O)O)C1. The van der Waals surface area contributed by atoms with Gasteiger partial charge in [-0.05, 0) is 39.3 Å². The number of nitrogens with one attached hydrogen (secondary N) is 1. The molecule has 114 valence electrons. The number of likely N-dealkylation sites (tertiary alicyclic amines) is 1. The van der Waals surface area contributed by atoms with Gasteiger partial charge in [-0.25, -0.2) is 9.59 Å². The molecule has 0 saturated carbocycles. The molecule has 2 heterocycles. The molecule has 2 fully saturated rings. The van der Waals surface area contributed by atoms with E-state index in [-0.39, 0.29) is 11.4 Å². The standard InChI is InChI=1S/C13H23N3O3S/c1-9-16(11(8-20-9)12(17)18)13(19)15-5-3-4-10(7-15)6-14-2/h9-11,14H,3-8H2,1-2H3,(H,17,18). The van der Waals surface area contributed by atoms with Crippen LogP contribution in [0.3, 0.4) is 0 Å². The molecule has 2 rings (SSSR count). The van der Waals surface area contributed by atoms with Crippen molar-refractivity contribution in [2.45, 2.75) is 31.2 Å². The summed E-state index contributed by atoms with van der Waals surface area (Å²) in [7, 11) is 1.92. The normalized spacial score (nSPS) is 30.6. The van der Waals surface area contributed by atoms with Crippen LogP contribution in [0.25, 0.3) is 0 Å². The molecule has 6 nitrogen and oxygen atoms in total. The third kappa shape index (κ3) is 3.20. The Morgan fingerprint density at radius 3 is 2.85 bits per heavy atom. The highest BCUT2D eigenvalue weighted by Gasteiger charge is 2.41. The monoisotopic (exact) mass is 301 g/mol. The zero-order valence-electron chi connectivity index (χ0n) is 12.0. The number of thioether (sulfide) groups is 1. The van der Waals surface area contributed by atoms with Crippen LogP contribution in [0.4, 0.5) is 4.79 Å². The van der Waals surface area contributed by atoms with Gasteiger partial charge in [0.1, 0.15) is 6.04 Å². The van der Waals surface area contributed by atoms with Gasteiger partial charge < -0.3 is 15.3 Å². The molecule has 0 radical (unpaired) electrons. The molecule has 0 aromatic rings. The van der Waals surface area contributed by atoms with Gasteiger partial charge in [-0.1, -0.05) is 0 Å². The Hall–Kier alpha value is -0.950. The van der Waals surface area contributed by atoms with Crippen molar-refractivity contribution in [3.8, 4) is 0 Å². The minimum Gasteiger partial charge on any atom is -0.480 e. The lowest BCUT2D eigenvalue weighted by Gasteiger charge is -2.37. The Balaban J connectivity index is 2.03. The van der Waals surface area contributed by atoms with Crippen LogP contribution in [-0.2, 0) is 4.79 Å². The number of carboxylic acids is 1. The first-order valence-corrected chi connectivity index (χ1v) is 8.15. The van der Waals surface area contributed by atoms with Crippen molar-refractivity contribution in [1.29, 1.82) is 0 Å². The van der Waals surface area contributed by atoms with Crippen LogP contribution in [0.2, 0.25) is 0 Å². The quantitative estimate of drug-likeness (QED) is 0.810. The lowest BCUT2D eigenvalue weighted by atomic mass is 9.98. The number of carbonyl (C=O) groups is 2. The Labute approximate surface area is 123 Å². The average molecular weight is 301 g/mol. The number of carbonyl (C=O) groups excluding carboxylic acids is 1. The van der Waals surface area contributed by atoms with Crippen molar-refractivity contribution in [1.82, 2.24) is 15.1 Å². The van der Waals surface area contributed by atoms with Gasteiger partial charge in [0.25, 0.3) is 0 Å². The van der Waals surface area contributed by atoms with Crippen LogP contribution >= 0.6 is 11.8 Å². The zero-order chi connectivity index (χ0) is 14.7. The summed E-state index contributed by atoms with van der Waals surface area (Å²) in [6.07, 6.45) is 2.11. The van der Waals surface area contributed by atoms with Crippen molar-refractivity contribution >= 4 is 23.8 Å². The lowest BCUT2D eigenvalue weighted by Crippen LogP contribution is -2.53. The minimum absolute atomic E-state index is 0.0618.